The Bertz CT molecular complexity index is 3010. The van der Waals surface area contributed by atoms with E-state index in [0.717, 1.165) is 0 Å². The molecule has 3 N–H and O–H groups in total. The van der Waals surface area contributed by atoms with Crippen molar-refractivity contribution in [1.82, 2.24) is 30.4 Å². The maximum atomic E-state index is 14.9. The van der Waals surface area contributed by atoms with Crippen LogP contribution in [0.5, 0.6) is 11.8 Å². The molecule has 30 heteroatoms. The molecular weight excluding hydrogens is 1110 g/mol. The van der Waals surface area contributed by atoms with Crippen LogP contribution >= 0.6 is 0 Å². The third-order valence-corrected chi connectivity index (χ3v) is 11.6. The van der Waals surface area contributed by atoms with Crippen molar-refractivity contribution < 1.29 is 99.9 Å². The van der Waals surface area contributed by atoms with E-state index in [2.05, 4.69) is 41.0 Å². The average molecular weight is 1170 g/mol. The molecule has 2 amide bonds. The van der Waals surface area contributed by atoms with Gasteiger partial charge in [0.15, 0.2) is 11.4 Å². The summed E-state index contributed by atoms with van der Waals surface area (Å²) in [5.74, 6) is -5.52. The summed E-state index contributed by atoms with van der Waals surface area (Å²) < 4.78 is 208. The predicted octanol–water partition coefficient (Wildman–Crippen LogP) is 14.0. The van der Waals surface area contributed by atoms with E-state index in [-0.39, 0.29) is 32.1 Å². The molecule has 0 saturated carbocycles. The topological polar surface area (TPSA) is 228 Å². The van der Waals surface area contributed by atoms with E-state index >= 15 is 0 Å². The molecule has 6 heterocycles. The van der Waals surface area contributed by atoms with Crippen molar-refractivity contribution >= 4 is 23.6 Å². The fourth-order valence-electron chi connectivity index (χ4n) is 7.80. The van der Waals surface area contributed by atoms with E-state index in [1.54, 1.807) is 30.3 Å². The van der Waals surface area contributed by atoms with Gasteiger partial charge < -0.3 is 37.6 Å². The van der Waals surface area contributed by atoms with E-state index in [1.165, 1.54) is 67.5 Å². The molecule has 0 saturated heterocycles. The number of nitrogens with one attached hydrogen (secondary N) is 2. The van der Waals surface area contributed by atoms with Crippen molar-refractivity contribution in [2.75, 3.05) is 10.6 Å². The second kappa shape index (κ2) is 24.1. The quantitative estimate of drug-likeness (QED) is 0.110. The summed E-state index contributed by atoms with van der Waals surface area (Å²) in [6.07, 6.45) is -22.3. The normalized spacial score (nSPS) is 20.5. The zero-order valence-corrected chi connectivity index (χ0v) is 44.6. The number of fused-ring (bicyclic) bond motifs is 10. The zero-order chi connectivity index (χ0) is 60.1. The first-order chi connectivity index (χ1) is 37.4. The number of carbonyl (C=O) groups is 2. The molecule has 8 bridgehead atoms. The molecule has 0 radical (unpaired) electrons. The van der Waals surface area contributed by atoms with Gasteiger partial charge in [-0.1, -0.05) is 48.9 Å². The van der Waals surface area contributed by atoms with Crippen LogP contribution in [-0.4, -0.2) is 83.4 Å². The number of alkyl halides is 12. The largest absolute Gasteiger partial charge is 0.474 e. The summed E-state index contributed by atoms with van der Waals surface area (Å²) in [4.78, 5) is 32.6. The highest BCUT2D eigenvalue weighted by molar-refractivity contribution is 5.90. The van der Waals surface area contributed by atoms with Crippen LogP contribution in [-0.2, 0) is 44.4 Å². The first-order valence-electron chi connectivity index (χ1n) is 24.8. The Morgan fingerprint density at radius 1 is 0.642 bits per heavy atom. The Labute approximate surface area is 454 Å². The Balaban J connectivity index is 0.000000265. The fourth-order valence-corrected chi connectivity index (χ4v) is 7.80. The molecule has 444 valence electrons. The van der Waals surface area contributed by atoms with Crippen LogP contribution in [0.2, 0.25) is 0 Å². The molecule has 0 aliphatic carbocycles. The van der Waals surface area contributed by atoms with E-state index in [9.17, 15) is 67.4 Å². The number of allylic oxidation sites excluding steroid dienone is 1. The van der Waals surface area contributed by atoms with E-state index in [0.29, 0.717) is 24.1 Å². The zero-order valence-electron chi connectivity index (χ0n) is 44.6. The number of pyridine rings is 2. The Hall–Kier alpha value is -7.24. The number of hydrogen-bond acceptors (Lipinski definition) is 16. The molecule has 81 heavy (non-hydrogen) atoms. The highest BCUT2D eigenvalue weighted by Gasteiger charge is 2.61. The predicted molar refractivity (Wildman–Crippen MR) is 260 cm³/mol. The van der Waals surface area contributed by atoms with Crippen LogP contribution in [0.15, 0.2) is 63.5 Å². The molecule has 2 aliphatic heterocycles. The van der Waals surface area contributed by atoms with Crippen LogP contribution in [0, 0.1) is 0 Å². The number of carbonyl (C=O) groups excluding carboxylic acids is 2. The second-order valence-electron chi connectivity index (χ2n) is 20.7. The summed E-state index contributed by atoms with van der Waals surface area (Å²) in [5.41, 5.74) is -13.4. The number of aromatic nitrogens is 6. The average Bonchev–Trinajstić information content (AvgIpc) is 4.02. The van der Waals surface area contributed by atoms with Gasteiger partial charge in [-0.15, -0.1) is 20.4 Å². The minimum Gasteiger partial charge on any atom is -0.474 e. The molecule has 2 unspecified atom stereocenters. The number of benzene rings is 1. The van der Waals surface area contributed by atoms with Crippen molar-refractivity contribution in [3.8, 4) is 34.9 Å². The van der Waals surface area contributed by atoms with Crippen molar-refractivity contribution in [3.63, 3.8) is 0 Å². The molecule has 2 aliphatic rings. The van der Waals surface area contributed by atoms with E-state index in [4.69, 9.17) is 32.5 Å². The van der Waals surface area contributed by atoms with Crippen LogP contribution in [0.25, 0.3) is 23.2 Å². The number of aliphatic hydroxyl groups is 1. The van der Waals surface area contributed by atoms with Gasteiger partial charge in [-0.3, -0.25) is 10.6 Å². The smallest absolute Gasteiger partial charge is 0.426 e. The fraction of sp³-hybridized carbons (Fsp3) is 0.529. The molecule has 0 fully saturated rings. The maximum Gasteiger partial charge on any atom is 0.426 e. The maximum absolute atomic E-state index is 14.9. The van der Waals surface area contributed by atoms with Gasteiger partial charge in [0.1, 0.15) is 28.4 Å². The number of amides is 2. The lowest BCUT2D eigenvalue weighted by molar-refractivity contribution is -0.299. The number of anilines is 2. The van der Waals surface area contributed by atoms with Crippen LogP contribution in [0.4, 0.5) is 73.6 Å². The third-order valence-electron chi connectivity index (χ3n) is 11.6. The van der Waals surface area contributed by atoms with Crippen LogP contribution in [0.3, 0.4) is 0 Å². The minimum absolute atomic E-state index is 0.0501. The third kappa shape index (κ3) is 16.0. The Kier molecular flexibility index (Phi) is 18.7. The van der Waals surface area contributed by atoms with E-state index < -0.39 is 160 Å². The lowest BCUT2D eigenvalue weighted by Crippen LogP contribution is -2.45. The minimum atomic E-state index is -5.19. The molecule has 4 atom stereocenters. The highest BCUT2D eigenvalue weighted by Crippen LogP contribution is 2.49. The summed E-state index contributed by atoms with van der Waals surface area (Å²) in [7, 11) is 0. The van der Waals surface area contributed by atoms with Gasteiger partial charge in [0.05, 0.1) is 24.1 Å². The number of halogens is 12. The van der Waals surface area contributed by atoms with Gasteiger partial charge in [-0.2, -0.15) is 52.7 Å². The number of nitrogens with zero attached hydrogens (tertiary/aromatic N) is 6. The van der Waals surface area contributed by atoms with Gasteiger partial charge in [-0.05, 0) is 112 Å². The van der Waals surface area contributed by atoms with Gasteiger partial charge in [0.25, 0.3) is 23.6 Å². The molecule has 1 aromatic carbocycles. The number of rotatable bonds is 5. The van der Waals surface area contributed by atoms with E-state index in [1.807, 2.05) is 0 Å². The lowest BCUT2D eigenvalue weighted by Gasteiger charge is -2.32. The van der Waals surface area contributed by atoms with Gasteiger partial charge >= 0.3 is 36.9 Å². The van der Waals surface area contributed by atoms with Crippen LogP contribution < -0.4 is 20.1 Å². The van der Waals surface area contributed by atoms with Gasteiger partial charge in [-0.25, -0.2) is 19.6 Å². The van der Waals surface area contributed by atoms with Gasteiger partial charge in [0.2, 0.25) is 23.0 Å². The number of ether oxygens (including phenoxy) is 5. The molecule has 18 nitrogen and oxygen atoms in total. The summed E-state index contributed by atoms with van der Waals surface area (Å²) in [6, 6.07) is 9.12. The molecule has 7 rings (SSSR count). The summed E-state index contributed by atoms with van der Waals surface area (Å²) >= 11 is 0. The number of hydrogen-bond donors (Lipinski definition) is 3. The molecule has 5 aromatic rings. The van der Waals surface area contributed by atoms with Crippen molar-refractivity contribution in [2.24, 2.45) is 0 Å². The molecule has 0 spiro atoms. The Morgan fingerprint density at radius 2 is 1.14 bits per heavy atom. The molecular formula is C51H56F12N8O10. The summed E-state index contributed by atoms with van der Waals surface area (Å²) in [5, 5.41) is 28.9. The first-order valence-corrected chi connectivity index (χ1v) is 24.8. The lowest BCUT2D eigenvalue weighted by atomic mass is 9.94. The van der Waals surface area contributed by atoms with Crippen molar-refractivity contribution in [3.05, 3.63) is 83.1 Å². The molecule has 4 aromatic heterocycles. The SMILES string of the molecule is C[C@@H]1CC=CCCC(OCc2ccccc2)(C(F)(F)F)c2nnc(o2)-c2nc(c(C(F)(F)F)cc2NC(=O)OC(C)(C)C)O1.C[C@@H]1CCCCCC(O)(C(F)(F)F)c2nnc(o2)-c2nc(c(C(F)(F)F)cc2NC(=O)OC(C)(C)C)O1. The Morgan fingerprint density at radius 3 is 1.62 bits per heavy atom. The van der Waals surface area contributed by atoms with Crippen molar-refractivity contribution in [2.45, 2.75) is 173 Å². The van der Waals surface area contributed by atoms with Crippen LogP contribution in [0.1, 0.15) is 135 Å². The first kappa shape index (κ1) is 62.9. The van der Waals surface area contributed by atoms with Gasteiger partial charge in [0, 0.05) is 6.42 Å². The standard InChI is InChI=1S/C29H30F6N4O5.C22H26F6N4O5/c1-17-11-7-6-10-14-27(29(33,34)35,41-16-18-12-8-5-9-13-18)24-39-38-23(43-24)21-20(36-25(40)44-26(2,3)4)15-19(28(30,31)32)22(37-21)42-17;1-11-8-6-5-7-9-20(34,22(26,27)28)17-32-31-16(36-17)14-13(29-18(33)37-19(2,3)4)10-12(21(23,24)25)15(30-14)35-11/h5-9,12-13,15,17H,10-11,14,16H2,1-4H3,(H,36,40);10-11,34H,5-9H2,1-4H3,(H,29,33)/t17-,27?;11-,20?/m11/s1. The van der Waals surface area contributed by atoms with Crippen molar-refractivity contribution in [1.29, 1.82) is 0 Å². The highest BCUT2D eigenvalue weighted by atomic mass is 19.4. The monoisotopic (exact) mass is 1170 g/mol. The summed E-state index contributed by atoms with van der Waals surface area (Å²) in [6.45, 7) is 11.6. The second-order valence-corrected chi connectivity index (χ2v) is 20.7.